The molecule has 0 aliphatic rings. The molecule has 0 atom stereocenters. The van der Waals surface area contributed by atoms with E-state index < -0.39 is 11.9 Å². The van der Waals surface area contributed by atoms with Gasteiger partial charge < -0.3 is 15.1 Å². The molecular formula is C14H17NO4. The number of benzene rings is 1. The summed E-state index contributed by atoms with van der Waals surface area (Å²) < 4.78 is 0. The Labute approximate surface area is 111 Å². The van der Waals surface area contributed by atoms with Crippen LogP contribution >= 0.6 is 0 Å². The van der Waals surface area contributed by atoms with Gasteiger partial charge in [-0.2, -0.15) is 0 Å². The van der Waals surface area contributed by atoms with E-state index >= 15 is 0 Å². The van der Waals surface area contributed by atoms with E-state index in [0.29, 0.717) is 18.7 Å². The van der Waals surface area contributed by atoms with Gasteiger partial charge in [-0.25, -0.2) is 0 Å². The third-order valence-corrected chi connectivity index (χ3v) is 2.60. The van der Waals surface area contributed by atoms with E-state index in [1.165, 1.54) is 0 Å². The van der Waals surface area contributed by atoms with Gasteiger partial charge in [-0.15, -0.1) is 6.58 Å². The van der Waals surface area contributed by atoms with Crippen molar-refractivity contribution in [1.82, 2.24) is 0 Å². The lowest BCUT2D eigenvalue weighted by Crippen LogP contribution is -2.26. The van der Waals surface area contributed by atoms with Crippen molar-refractivity contribution in [2.24, 2.45) is 0 Å². The number of aliphatic carboxylic acids is 2. The molecule has 2 N–H and O–H groups in total. The number of hydrogen-bond donors (Lipinski definition) is 2. The van der Waals surface area contributed by atoms with Crippen LogP contribution in [-0.2, 0) is 16.0 Å². The molecule has 102 valence electrons. The Hall–Kier alpha value is -2.30. The predicted octanol–water partition coefficient (Wildman–Crippen LogP) is 1.78. The Morgan fingerprint density at radius 1 is 1.16 bits per heavy atom. The van der Waals surface area contributed by atoms with Crippen molar-refractivity contribution in [3.63, 3.8) is 0 Å². The molecule has 1 aromatic rings. The van der Waals surface area contributed by atoms with Crippen molar-refractivity contribution in [2.75, 3.05) is 18.0 Å². The summed E-state index contributed by atoms with van der Waals surface area (Å²) in [6, 6.07) is 7.06. The highest BCUT2D eigenvalue weighted by Crippen LogP contribution is 2.16. The molecule has 1 rings (SSSR count). The zero-order valence-corrected chi connectivity index (χ0v) is 10.6. The molecule has 0 bridgehead atoms. The monoisotopic (exact) mass is 263 g/mol. The van der Waals surface area contributed by atoms with Crippen molar-refractivity contribution in [2.45, 2.75) is 12.8 Å². The molecule has 0 fully saturated rings. The summed E-state index contributed by atoms with van der Waals surface area (Å²) in [5.74, 6) is -1.72. The standard InChI is InChI=1S/C14H17NO4/c1-2-8-15(9-7-13(16)17)12-5-3-11(4-6-12)10-14(18)19/h2-6H,1,7-10H2,(H,16,17)(H,18,19). The minimum Gasteiger partial charge on any atom is -0.481 e. The highest BCUT2D eigenvalue weighted by Gasteiger charge is 2.08. The van der Waals surface area contributed by atoms with Crippen LogP contribution in [0.3, 0.4) is 0 Å². The summed E-state index contributed by atoms with van der Waals surface area (Å²) in [5, 5.41) is 17.4. The van der Waals surface area contributed by atoms with Gasteiger partial charge in [-0.3, -0.25) is 9.59 Å². The molecule has 0 radical (unpaired) electrons. The molecule has 5 nitrogen and oxygen atoms in total. The number of carboxylic acids is 2. The van der Waals surface area contributed by atoms with E-state index in [1.807, 2.05) is 4.90 Å². The normalized spacial score (nSPS) is 9.89. The van der Waals surface area contributed by atoms with Gasteiger partial charge in [0.05, 0.1) is 12.8 Å². The summed E-state index contributed by atoms with van der Waals surface area (Å²) >= 11 is 0. The third kappa shape index (κ3) is 5.25. The second-order valence-corrected chi connectivity index (χ2v) is 4.12. The number of hydrogen-bond acceptors (Lipinski definition) is 3. The summed E-state index contributed by atoms with van der Waals surface area (Å²) in [7, 11) is 0. The molecule has 0 saturated carbocycles. The van der Waals surface area contributed by atoms with Crippen molar-refractivity contribution in [1.29, 1.82) is 0 Å². The first-order valence-electron chi connectivity index (χ1n) is 5.91. The lowest BCUT2D eigenvalue weighted by atomic mass is 10.1. The maximum absolute atomic E-state index is 10.6. The summed E-state index contributed by atoms with van der Waals surface area (Å²) in [6.07, 6.45) is 1.73. The minimum atomic E-state index is -0.874. The van der Waals surface area contributed by atoms with Gasteiger partial charge in [0.2, 0.25) is 0 Å². The fourth-order valence-electron chi connectivity index (χ4n) is 1.71. The Morgan fingerprint density at radius 3 is 2.26 bits per heavy atom. The van der Waals surface area contributed by atoms with Crippen LogP contribution in [0.1, 0.15) is 12.0 Å². The van der Waals surface area contributed by atoms with E-state index in [1.54, 1.807) is 30.3 Å². The first kappa shape index (κ1) is 14.8. The van der Waals surface area contributed by atoms with E-state index in [4.69, 9.17) is 10.2 Å². The SMILES string of the molecule is C=CCN(CCC(=O)O)c1ccc(CC(=O)O)cc1. The lowest BCUT2D eigenvalue weighted by Gasteiger charge is -2.22. The van der Waals surface area contributed by atoms with Crippen molar-refractivity contribution in [3.05, 3.63) is 42.5 Å². The molecule has 5 heteroatoms. The zero-order chi connectivity index (χ0) is 14.3. The fourth-order valence-corrected chi connectivity index (χ4v) is 1.71. The smallest absolute Gasteiger partial charge is 0.307 e. The lowest BCUT2D eigenvalue weighted by molar-refractivity contribution is -0.137. The molecular weight excluding hydrogens is 246 g/mol. The Balaban J connectivity index is 2.75. The fraction of sp³-hybridized carbons (Fsp3) is 0.286. The number of carbonyl (C=O) groups is 2. The Bertz CT molecular complexity index is 453. The average Bonchev–Trinajstić information content (AvgIpc) is 2.34. The number of anilines is 1. The molecule has 0 heterocycles. The van der Waals surface area contributed by atoms with Gasteiger partial charge in [0.1, 0.15) is 0 Å². The maximum atomic E-state index is 10.6. The van der Waals surface area contributed by atoms with E-state index in [0.717, 1.165) is 5.69 Å². The van der Waals surface area contributed by atoms with Crippen molar-refractivity contribution >= 4 is 17.6 Å². The molecule has 0 saturated heterocycles. The minimum absolute atomic E-state index is 0.0170. The molecule has 0 aliphatic carbocycles. The van der Waals surface area contributed by atoms with Crippen LogP contribution in [-0.4, -0.2) is 35.2 Å². The van der Waals surface area contributed by atoms with Crippen LogP contribution in [0.5, 0.6) is 0 Å². The second kappa shape index (κ2) is 7.20. The van der Waals surface area contributed by atoms with Crippen LogP contribution in [0.25, 0.3) is 0 Å². The average molecular weight is 263 g/mol. The Morgan fingerprint density at radius 2 is 1.79 bits per heavy atom. The van der Waals surface area contributed by atoms with E-state index in [2.05, 4.69) is 6.58 Å². The quantitative estimate of drug-likeness (QED) is 0.699. The van der Waals surface area contributed by atoms with Crippen LogP contribution in [0.2, 0.25) is 0 Å². The summed E-state index contributed by atoms with van der Waals surface area (Å²) in [4.78, 5) is 23.1. The van der Waals surface area contributed by atoms with E-state index in [9.17, 15) is 9.59 Å². The molecule has 0 unspecified atom stereocenters. The summed E-state index contributed by atoms with van der Waals surface area (Å²) in [5.41, 5.74) is 1.57. The van der Waals surface area contributed by atoms with Gasteiger partial charge in [-0.05, 0) is 17.7 Å². The molecule has 0 spiro atoms. The summed E-state index contributed by atoms with van der Waals surface area (Å²) in [6.45, 7) is 4.58. The maximum Gasteiger partial charge on any atom is 0.307 e. The van der Waals surface area contributed by atoms with Crippen LogP contribution in [0.15, 0.2) is 36.9 Å². The van der Waals surface area contributed by atoms with Crippen LogP contribution in [0.4, 0.5) is 5.69 Å². The molecule has 19 heavy (non-hydrogen) atoms. The van der Waals surface area contributed by atoms with Gasteiger partial charge >= 0.3 is 11.9 Å². The predicted molar refractivity (Wildman–Crippen MR) is 72.4 cm³/mol. The highest BCUT2D eigenvalue weighted by molar-refractivity contribution is 5.70. The van der Waals surface area contributed by atoms with Crippen molar-refractivity contribution in [3.8, 4) is 0 Å². The topological polar surface area (TPSA) is 77.8 Å². The molecule has 0 amide bonds. The first-order chi connectivity index (χ1) is 9.02. The van der Waals surface area contributed by atoms with Gasteiger partial charge in [0.15, 0.2) is 0 Å². The molecule has 1 aromatic carbocycles. The molecule has 0 aromatic heterocycles. The van der Waals surface area contributed by atoms with Gasteiger partial charge in [-0.1, -0.05) is 18.2 Å². The zero-order valence-electron chi connectivity index (χ0n) is 10.6. The molecule has 0 aliphatic heterocycles. The van der Waals surface area contributed by atoms with Crippen LogP contribution < -0.4 is 4.90 Å². The van der Waals surface area contributed by atoms with Crippen molar-refractivity contribution < 1.29 is 19.8 Å². The third-order valence-electron chi connectivity index (χ3n) is 2.60. The highest BCUT2D eigenvalue weighted by atomic mass is 16.4. The number of nitrogens with zero attached hydrogens (tertiary/aromatic N) is 1. The number of rotatable bonds is 8. The largest absolute Gasteiger partial charge is 0.481 e. The van der Waals surface area contributed by atoms with Gasteiger partial charge in [0, 0.05) is 18.8 Å². The van der Waals surface area contributed by atoms with Crippen LogP contribution in [0, 0.1) is 0 Å². The number of carboxylic acid groups (broad SMARTS) is 2. The van der Waals surface area contributed by atoms with Gasteiger partial charge in [0.25, 0.3) is 0 Å². The van der Waals surface area contributed by atoms with E-state index in [-0.39, 0.29) is 12.8 Å². The second-order valence-electron chi connectivity index (χ2n) is 4.12. The first-order valence-corrected chi connectivity index (χ1v) is 5.91. The Kier molecular flexibility index (Phi) is 5.60.